The van der Waals surface area contributed by atoms with Crippen molar-refractivity contribution in [2.24, 2.45) is 0 Å². The molecule has 3 rings (SSSR count). The van der Waals surface area contributed by atoms with Crippen LogP contribution in [0.5, 0.6) is 0 Å². The van der Waals surface area contributed by atoms with Crippen molar-refractivity contribution in [3.8, 4) is 0 Å². The molecule has 1 aromatic carbocycles. The minimum atomic E-state index is -3.48. The van der Waals surface area contributed by atoms with Gasteiger partial charge in [0.05, 0.1) is 5.25 Å². The van der Waals surface area contributed by atoms with Crippen LogP contribution in [0.1, 0.15) is 30.1 Å². The molecule has 0 aromatic heterocycles. The Morgan fingerprint density at radius 2 is 1.62 bits per heavy atom. The second-order valence-electron chi connectivity index (χ2n) is 6.83. The van der Waals surface area contributed by atoms with Crippen molar-refractivity contribution >= 4 is 21.8 Å². The Kier molecular flexibility index (Phi) is 5.62. The van der Waals surface area contributed by atoms with E-state index in [9.17, 15) is 18.0 Å². The van der Waals surface area contributed by atoms with E-state index in [1.165, 1.54) is 11.2 Å². The zero-order valence-corrected chi connectivity index (χ0v) is 15.8. The number of rotatable bonds is 3. The van der Waals surface area contributed by atoms with Crippen LogP contribution in [0.2, 0.25) is 0 Å². The minimum Gasteiger partial charge on any atom is -0.340 e. The first kappa shape index (κ1) is 18.8. The van der Waals surface area contributed by atoms with Gasteiger partial charge < -0.3 is 9.80 Å². The molecular formula is C18H25N3O4S. The molecule has 0 N–H and O–H groups in total. The molecule has 26 heavy (non-hydrogen) atoms. The fourth-order valence-corrected chi connectivity index (χ4v) is 5.52. The zero-order chi connectivity index (χ0) is 18.7. The number of likely N-dealkylation sites (tertiary alicyclic amines) is 1. The van der Waals surface area contributed by atoms with Gasteiger partial charge in [-0.3, -0.25) is 9.59 Å². The van der Waals surface area contributed by atoms with Crippen LogP contribution < -0.4 is 0 Å². The standard InChI is InChI=1S/C18H25N3O4S/c1-15(22)19-10-12-21(13-11-19)26(24,25)17-8-5-9-20(14-17)18(23)16-6-3-2-4-7-16/h2-4,6-7,17H,5,8-14H2,1H3. The lowest BCUT2D eigenvalue weighted by atomic mass is 10.1. The molecule has 2 saturated heterocycles. The summed E-state index contributed by atoms with van der Waals surface area (Å²) in [5, 5.41) is -0.576. The zero-order valence-electron chi connectivity index (χ0n) is 15.0. The van der Waals surface area contributed by atoms with Gasteiger partial charge in [0.1, 0.15) is 0 Å². The second-order valence-corrected chi connectivity index (χ2v) is 9.04. The van der Waals surface area contributed by atoms with Crippen molar-refractivity contribution in [2.75, 3.05) is 39.3 Å². The van der Waals surface area contributed by atoms with Gasteiger partial charge in [-0.2, -0.15) is 4.31 Å². The Labute approximate surface area is 154 Å². The molecule has 2 heterocycles. The van der Waals surface area contributed by atoms with Crippen molar-refractivity contribution in [1.82, 2.24) is 14.1 Å². The van der Waals surface area contributed by atoms with Crippen LogP contribution in [0.4, 0.5) is 0 Å². The highest BCUT2D eigenvalue weighted by Crippen LogP contribution is 2.23. The fourth-order valence-electron chi connectivity index (χ4n) is 3.60. The molecular weight excluding hydrogens is 354 g/mol. The van der Waals surface area contributed by atoms with Crippen molar-refractivity contribution in [3.63, 3.8) is 0 Å². The summed E-state index contributed by atoms with van der Waals surface area (Å²) in [5.41, 5.74) is 0.584. The van der Waals surface area contributed by atoms with Gasteiger partial charge in [0.25, 0.3) is 5.91 Å². The van der Waals surface area contributed by atoms with E-state index in [-0.39, 0.29) is 18.4 Å². The number of hydrogen-bond acceptors (Lipinski definition) is 4. The third kappa shape index (κ3) is 3.91. The van der Waals surface area contributed by atoms with Crippen LogP contribution in [0.3, 0.4) is 0 Å². The number of benzene rings is 1. The van der Waals surface area contributed by atoms with Gasteiger partial charge in [-0.15, -0.1) is 0 Å². The van der Waals surface area contributed by atoms with Gasteiger partial charge in [0, 0.05) is 51.8 Å². The summed E-state index contributed by atoms with van der Waals surface area (Å²) >= 11 is 0. The van der Waals surface area contributed by atoms with E-state index in [4.69, 9.17) is 0 Å². The average molecular weight is 379 g/mol. The molecule has 142 valence electrons. The van der Waals surface area contributed by atoms with Crippen LogP contribution in [0.25, 0.3) is 0 Å². The molecule has 0 aliphatic carbocycles. The van der Waals surface area contributed by atoms with Gasteiger partial charge in [0.2, 0.25) is 15.9 Å². The van der Waals surface area contributed by atoms with Gasteiger partial charge in [0.15, 0.2) is 0 Å². The number of hydrogen-bond donors (Lipinski definition) is 0. The SMILES string of the molecule is CC(=O)N1CCN(S(=O)(=O)C2CCCN(C(=O)c3ccccc3)C2)CC1. The van der Waals surface area contributed by atoms with E-state index < -0.39 is 15.3 Å². The molecule has 2 aliphatic rings. The van der Waals surface area contributed by atoms with Gasteiger partial charge in [-0.1, -0.05) is 18.2 Å². The molecule has 2 fully saturated rings. The van der Waals surface area contributed by atoms with Crippen molar-refractivity contribution < 1.29 is 18.0 Å². The maximum atomic E-state index is 13.0. The normalized spacial score (nSPS) is 22.3. The minimum absolute atomic E-state index is 0.0284. The van der Waals surface area contributed by atoms with Gasteiger partial charge in [-0.25, -0.2) is 8.42 Å². The highest BCUT2D eigenvalue weighted by molar-refractivity contribution is 7.89. The summed E-state index contributed by atoms with van der Waals surface area (Å²) in [6.45, 7) is 3.80. The number of carbonyl (C=O) groups is 2. The first-order chi connectivity index (χ1) is 12.4. The lowest BCUT2D eigenvalue weighted by molar-refractivity contribution is -0.129. The molecule has 2 aliphatic heterocycles. The highest BCUT2D eigenvalue weighted by atomic mass is 32.2. The Morgan fingerprint density at radius 1 is 0.962 bits per heavy atom. The smallest absolute Gasteiger partial charge is 0.253 e. The number of nitrogens with zero attached hydrogens (tertiary/aromatic N) is 3. The first-order valence-electron chi connectivity index (χ1n) is 8.98. The van der Waals surface area contributed by atoms with Crippen molar-refractivity contribution in [3.05, 3.63) is 35.9 Å². The van der Waals surface area contributed by atoms with Crippen LogP contribution >= 0.6 is 0 Å². The number of piperazine rings is 1. The lowest BCUT2D eigenvalue weighted by Crippen LogP contribution is -2.55. The monoisotopic (exact) mass is 379 g/mol. The maximum absolute atomic E-state index is 13.0. The van der Waals surface area contributed by atoms with E-state index in [0.29, 0.717) is 51.1 Å². The number of amides is 2. The molecule has 0 bridgehead atoms. The molecule has 7 nitrogen and oxygen atoms in total. The molecule has 1 aromatic rings. The van der Waals surface area contributed by atoms with E-state index >= 15 is 0 Å². The number of sulfonamides is 1. The predicted molar refractivity (Wildman–Crippen MR) is 98.1 cm³/mol. The van der Waals surface area contributed by atoms with E-state index in [1.807, 2.05) is 6.07 Å². The van der Waals surface area contributed by atoms with E-state index in [1.54, 1.807) is 34.1 Å². The summed E-state index contributed by atoms with van der Waals surface area (Å²) in [6.07, 6.45) is 1.24. The van der Waals surface area contributed by atoms with E-state index in [0.717, 1.165) is 0 Å². The van der Waals surface area contributed by atoms with Gasteiger partial charge >= 0.3 is 0 Å². The van der Waals surface area contributed by atoms with Crippen molar-refractivity contribution in [2.45, 2.75) is 25.0 Å². The molecule has 2 amide bonds. The number of carbonyl (C=O) groups excluding carboxylic acids is 2. The second kappa shape index (κ2) is 7.75. The Balaban J connectivity index is 1.67. The molecule has 0 saturated carbocycles. The number of piperidine rings is 1. The fraction of sp³-hybridized carbons (Fsp3) is 0.556. The molecule has 1 unspecified atom stereocenters. The lowest BCUT2D eigenvalue weighted by Gasteiger charge is -2.38. The van der Waals surface area contributed by atoms with Crippen LogP contribution in [0.15, 0.2) is 30.3 Å². The predicted octanol–water partition coefficient (Wildman–Crippen LogP) is 0.785. The maximum Gasteiger partial charge on any atom is 0.253 e. The summed E-state index contributed by atoms with van der Waals surface area (Å²) in [5.74, 6) is -0.147. The Morgan fingerprint density at radius 3 is 2.23 bits per heavy atom. The average Bonchev–Trinajstić information content (AvgIpc) is 2.68. The van der Waals surface area contributed by atoms with Crippen molar-refractivity contribution in [1.29, 1.82) is 0 Å². The third-order valence-corrected chi connectivity index (χ3v) is 7.46. The van der Waals surface area contributed by atoms with Crippen LogP contribution in [-0.2, 0) is 14.8 Å². The first-order valence-corrected chi connectivity index (χ1v) is 10.5. The van der Waals surface area contributed by atoms with Crippen LogP contribution in [0, 0.1) is 0 Å². The van der Waals surface area contributed by atoms with E-state index in [2.05, 4.69) is 0 Å². The Hall–Kier alpha value is -1.93. The summed E-state index contributed by atoms with van der Waals surface area (Å²) < 4.78 is 27.5. The molecule has 0 radical (unpaired) electrons. The summed E-state index contributed by atoms with van der Waals surface area (Å²) in [6, 6.07) is 8.96. The third-order valence-electron chi connectivity index (χ3n) is 5.15. The molecule has 1 atom stereocenters. The Bertz CT molecular complexity index is 758. The summed E-state index contributed by atoms with van der Waals surface area (Å²) in [7, 11) is -3.48. The quantitative estimate of drug-likeness (QED) is 0.778. The largest absolute Gasteiger partial charge is 0.340 e. The molecule has 8 heteroatoms. The van der Waals surface area contributed by atoms with Gasteiger partial charge in [-0.05, 0) is 25.0 Å². The van der Waals surface area contributed by atoms with Crippen LogP contribution in [-0.4, -0.2) is 78.9 Å². The molecule has 0 spiro atoms. The highest BCUT2D eigenvalue weighted by Gasteiger charge is 2.38. The summed E-state index contributed by atoms with van der Waals surface area (Å²) in [4.78, 5) is 27.4. The topological polar surface area (TPSA) is 78.0 Å².